The zero-order valence-corrected chi connectivity index (χ0v) is 11.3. The van der Waals surface area contributed by atoms with E-state index in [0.717, 1.165) is 12.1 Å². The van der Waals surface area contributed by atoms with Crippen LogP contribution in [-0.2, 0) is 13.2 Å². The fourth-order valence-electron chi connectivity index (χ4n) is 2.19. The normalized spacial score (nSPS) is 11.7. The van der Waals surface area contributed by atoms with Gasteiger partial charge >= 0.3 is 6.18 Å². The molecule has 2 aromatic rings. The van der Waals surface area contributed by atoms with Gasteiger partial charge in [-0.2, -0.15) is 18.2 Å². The van der Waals surface area contributed by atoms with Crippen LogP contribution in [0, 0.1) is 6.92 Å². The molecule has 4 N–H and O–H groups in total. The van der Waals surface area contributed by atoms with Crippen LogP contribution in [0.3, 0.4) is 0 Å². The molecule has 0 aliphatic rings. The van der Waals surface area contributed by atoms with Gasteiger partial charge in [-0.05, 0) is 30.7 Å². The number of nitrogens with zero attached hydrogens (tertiary/aromatic N) is 2. The summed E-state index contributed by atoms with van der Waals surface area (Å²) in [5.74, 6) is -1.24. The van der Waals surface area contributed by atoms with Crippen molar-refractivity contribution >= 4 is 22.8 Å². The fraction of sp³-hybridized carbons (Fsp3) is 0.231. The van der Waals surface area contributed by atoms with E-state index in [1.807, 2.05) is 0 Å². The molecule has 0 spiro atoms. The molecule has 112 valence electrons. The van der Waals surface area contributed by atoms with E-state index in [1.165, 1.54) is 11.6 Å². The summed E-state index contributed by atoms with van der Waals surface area (Å²) in [6, 6.07) is 3.75. The number of hydrogen-bond donors (Lipinski definition) is 2. The van der Waals surface area contributed by atoms with E-state index >= 15 is 0 Å². The Morgan fingerprint density at radius 3 is 2.38 bits per heavy atom. The first-order valence-corrected chi connectivity index (χ1v) is 5.92. The summed E-state index contributed by atoms with van der Waals surface area (Å²) in [6.07, 6.45) is -4.51. The average molecular weight is 298 g/mol. The highest BCUT2D eigenvalue weighted by Crippen LogP contribution is 2.36. The molecule has 0 radical (unpaired) electrons. The predicted molar refractivity (Wildman–Crippen MR) is 72.8 cm³/mol. The number of nitrogens with two attached hydrogens (primary N) is 2. The monoisotopic (exact) mass is 298 g/mol. The van der Waals surface area contributed by atoms with E-state index in [9.17, 15) is 18.0 Å². The maximum Gasteiger partial charge on any atom is 0.417 e. The molecule has 1 heterocycles. The van der Waals surface area contributed by atoms with Crippen molar-refractivity contribution in [3.05, 3.63) is 35.0 Å². The van der Waals surface area contributed by atoms with Gasteiger partial charge in [0.15, 0.2) is 5.96 Å². The van der Waals surface area contributed by atoms with Crippen molar-refractivity contribution in [3.8, 4) is 0 Å². The van der Waals surface area contributed by atoms with E-state index in [4.69, 9.17) is 11.5 Å². The number of guanidine groups is 1. The van der Waals surface area contributed by atoms with Gasteiger partial charge in [-0.15, -0.1) is 0 Å². The molecule has 1 aromatic heterocycles. The number of hydrogen-bond acceptors (Lipinski definition) is 1. The molecule has 0 saturated heterocycles. The van der Waals surface area contributed by atoms with E-state index in [-0.39, 0.29) is 16.6 Å². The topological polar surface area (TPSA) is 86.4 Å². The Bertz CT molecular complexity index is 755. The molecule has 0 unspecified atom stereocenters. The molecule has 0 bridgehead atoms. The summed E-state index contributed by atoms with van der Waals surface area (Å²) in [5, 5.41) is -0.0651. The van der Waals surface area contributed by atoms with Crippen molar-refractivity contribution in [1.82, 2.24) is 4.57 Å². The zero-order valence-electron chi connectivity index (χ0n) is 11.3. The predicted octanol–water partition coefficient (Wildman–Crippen LogP) is 1.92. The van der Waals surface area contributed by atoms with Crippen molar-refractivity contribution in [2.24, 2.45) is 23.5 Å². The van der Waals surface area contributed by atoms with E-state index in [1.54, 1.807) is 13.0 Å². The standard InChI is InChI=1S/C13H13F3N4O/c1-6-3-8(13(14,15)16)7-5-10(11(21)19-12(17)18)20(2)9(7)4-6/h3-5H,1-2H3,(H4,17,18,19,21). The van der Waals surface area contributed by atoms with Crippen molar-refractivity contribution < 1.29 is 18.0 Å². The second-order valence-corrected chi connectivity index (χ2v) is 4.67. The van der Waals surface area contributed by atoms with Crippen LogP contribution >= 0.6 is 0 Å². The summed E-state index contributed by atoms with van der Waals surface area (Å²) in [7, 11) is 1.48. The van der Waals surface area contributed by atoms with Crippen molar-refractivity contribution in [2.75, 3.05) is 0 Å². The highest BCUT2D eigenvalue weighted by Gasteiger charge is 2.34. The third-order valence-electron chi connectivity index (χ3n) is 3.06. The van der Waals surface area contributed by atoms with Crippen LogP contribution in [0.5, 0.6) is 0 Å². The van der Waals surface area contributed by atoms with Crippen LogP contribution in [0.15, 0.2) is 23.2 Å². The highest BCUT2D eigenvalue weighted by atomic mass is 19.4. The number of aryl methyl sites for hydroxylation is 2. The number of fused-ring (bicyclic) bond motifs is 1. The number of rotatable bonds is 1. The number of amides is 1. The van der Waals surface area contributed by atoms with Crippen molar-refractivity contribution in [3.63, 3.8) is 0 Å². The number of halogens is 3. The second-order valence-electron chi connectivity index (χ2n) is 4.67. The van der Waals surface area contributed by atoms with Gasteiger partial charge in [0, 0.05) is 18.0 Å². The number of carbonyl (C=O) groups excluding carboxylic acids is 1. The summed E-state index contributed by atoms with van der Waals surface area (Å²) in [5.41, 5.74) is 10.1. The average Bonchev–Trinajstić information content (AvgIpc) is 2.64. The molecule has 0 saturated carbocycles. The van der Waals surface area contributed by atoms with Gasteiger partial charge < -0.3 is 16.0 Å². The SMILES string of the molecule is Cc1cc(C(F)(F)F)c2cc(C(=O)N=C(N)N)n(C)c2c1. The molecule has 0 aliphatic carbocycles. The lowest BCUT2D eigenvalue weighted by molar-refractivity contribution is -0.136. The Morgan fingerprint density at radius 2 is 1.86 bits per heavy atom. The molecular formula is C13H13F3N4O. The summed E-state index contributed by atoms with van der Waals surface area (Å²) in [6.45, 7) is 1.55. The second kappa shape index (κ2) is 4.80. The maximum absolute atomic E-state index is 13.1. The van der Waals surface area contributed by atoms with E-state index in [0.29, 0.717) is 5.56 Å². The fourth-order valence-corrected chi connectivity index (χ4v) is 2.19. The highest BCUT2D eigenvalue weighted by molar-refractivity contribution is 6.04. The molecule has 21 heavy (non-hydrogen) atoms. The van der Waals surface area contributed by atoms with Gasteiger partial charge in [0.25, 0.3) is 5.91 Å². The molecule has 8 heteroatoms. The maximum atomic E-state index is 13.1. The lowest BCUT2D eigenvalue weighted by atomic mass is 10.1. The lowest BCUT2D eigenvalue weighted by Crippen LogP contribution is -2.24. The number of carbonyl (C=O) groups is 1. The van der Waals surface area contributed by atoms with Crippen molar-refractivity contribution in [2.45, 2.75) is 13.1 Å². The first-order chi connectivity index (χ1) is 9.61. The third-order valence-corrected chi connectivity index (χ3v) is 3.06. The van der Waals surface area contributed by atoms with Crippen LogP contribution in [-0.4, -0.2) is 16.4 Å². The number of aromatic nitrogens is 1. The minimum atomic E-state index is -4.51. The minimum Gasteiger partial charge on any atom is -0.370 e. The zero-order chi connectivity index (χ0) is 15.9. The van der Waals surface area contributed by atoms with Crippen LogP contribution in [0.4, 0.5) is 13.2 Å². The van der Waals surface area contributed by atoms with E-state index in [2.05, 4.69) is 4.99 Å². The van der Waals surface area contributed by atoms with Gasteiger partial charge in [-0.25, -0.2) is 0 Å². The summed E-state index contributed by atoms with van der Waals surface area (Å²) in [4.78, 5) is 15.2. The molecule has 1 aromatic carbocycles. The Morgan fingerprint density at radius 1 is 1.24 bits per heavy atom. The van der Waals surface area contributed by atoms with Crippen LogP contribution in [0.2, 0.25) is 0 Å². The number of aliphatic imine (C=N–C) groups is 1. The van der Waals surface area contributed by atoms with Crippen LogP contribution < -0.4 is 11.5 Å². The molecule has 0 aliphatic heterocycles. The smallest absolute Gasteiger partial charge is 0.370 e. The van der Waals surface area contributed by atoms with Crippen LogP contribution in [0.1, 0.15) is 21.6 Å². The third kappa shape index (κ3) is 2.69. The molecule has 5 nitrogen and oxygen atoms in total. The van der Waals surface area contributed by atoms with Gasteiger partial charge in [0.2, 0.25) is 0 Å². The molecule has 2 rings (SSSR count). The Hall–Kier alpha value is -2.51. The van der Waals surface area contributed by atoms with Gasteiger partial charge in [-0.1, -0.05) is 0 Å². The minimum absolute atomic E-state index is 0.0190. The molecular weight excluding hydrogens is 285 g/mol. The number of benzene rings is 1. The summed E-state index contributed by atoms with van der Waals surface area (Å²) >= 11 is 0. The quantitative estimate of drug-likeness (QED) is 0.623. The van der Waals surface area contributed by atoms with Gasteiger partial charge in [-0.3, -0.25) is 4.79 Å². The Balaban J connectivity index is 2.77. The summed E-state index contributed by atoms with van der Waals surface area (Å²) < 4.78 is 40.6. The van der Waals surface area contributed by atoms with Gasteiger partial charge in [0.1, 0.15) is 5.69 Å². The molecule has 0 atom stereocenters. The largest absolute Gasteiger partial charge is 0.417 e. The molecule has 0 fully saturated rings. The Kier molecular flexibility index (Phi) is 3.40. The Labute approximate surface area is 118 Å². The number of alkyl halides is 3. The molecule has 1 amide bonds. The van der Waals surface area contributed by atoms with Gasteiger partial charge in [0.05, 0.1) is 5.56 Å². The van der Waals surface area contributed by atoms with Crippen LogP contribution in [0.25, 0.3) is 10.9 Å². The van der Waals surface area contributed by atoms with Crippen molar-refractivity contribution in [1.29, 1.82) is 0 Å². The van der Waals surface area contributed by atoms with E-state index < -0.39 is 23.6 Å². The first kappa shape index (κ1) is 14.9. The lowest BCUT2D eigenvalue weighted by Gasteiger charge is -2.10. The first-order valence-electron chi connectivity index (χ1n) is 5.92.